The van der Waals surface area contributed by atoms with Crippen LogP contribution in [-0.4, -0.2) is 30.3 Å². The number of nitrogens with zero attached hydrogens (tertiary/aromatic N) is 1. The summed E-state index contributed by atoms with van der Waals surface area (Å²) in [7, 11) is 0. The highest BCUT2D eigenvalue weighted by Gasteiger charge is 2.33. The summed E-state index contributed by atoms with van der Waals surface area (Å²) in [5, 5.41) is 1.29. The molecular formula is C19H21Cl2NO2. The zero-order chi connectivity index (χ0) is 16.9. The van der Waals surface area contributed by atoms with Crippen LogP contribution in [0.15, 0.2) is 48.5 Å². The van der Waals surface area contributed by atoms with E-state index in [0.29, 0.717) is 16.7 Å². The number of para-hydroxylation sites is 1. The second-order valence-corrected chi connectivity index (χ2v) is 6.66. The fourth-order valence-corrected chi connectivity index (χ4v) is 3.44. The predicted octanol–water partition coefficient (Wildman–Crippen LogP) is 5.01. The average molecular weight is 366 g/mol. The summed E-state index contributed by atoms with van der Waals surface area (Å²) in [6.07, 6.45) is 0.959. The van der Waals surface area contributed by atoms with Gasteiger partial charge in [-0.25, -0.2) is 0 Å². The summed E-state index contributed by atoms with van der Waals surface area (Å²) in [6.45, 7) is 4.31. The van der Waals surface area contributed by atoms with Crippen molar-refractivity contribution >= 4 is 23.2 Å². The Kier molecular flexibility index (Phi) is 6.01. The molecule has 128 valence electrons. The maximum atomic E-state index is 6.21. The largest absolute Gasteiger partial charge is 0.475 e. The third-order valence-corrected chi connectivity index (χ3v) is 4.96. The minimum Gasteiger partial charge on any atom is -0.475 e. The summed E-state index contributed by atoms with van der Waals surface area (Å²) in [6, 6.07) is 15.4. The molecule has 2 aromatic carbocycles. The van der Waals surface area contributed by atoms with E-state index in [9.17, 15) is 0 Å². The van der Waals surface area contributed by atoms with Crippen LogP contribution >= 0.6 is 23.2 Å². The van der Waals surface area contributed by atoms with Crippen molar-refractivity contribution in [3.63, 3.8) is 0 Å². The number of ether oxygens (including phenoxy) is 2. The van der Waals surface area contributed by atoms with Gasteiger partial charge in [-0.05, 0) is 30.8 Å². The molecule has 0 aliphatic carbocycles. The molecule has 0 radical (unpaired) electrons. The third-order valence-electron chi connectivity index (χ3n) is 4.26. The lowest BCUT2D eigenvalue weighted by Crippen LogP contribution is -2.33. The average Bonchev–Trinajstić information content (AvgIpc) is 2.97. The van der Waals surface area contributed by atoms with Crippen LogP contribution in [0.5, 0.6) is 5.75 Å². The maximum absolute atomic E-state index is 6.21. The first kappa shape index (κ1) is 17.6. The van der Waals surface area contributed by atoms with Crippen molar-refractivity contribution in [3.8, 4) is 5.75 Å². The summed E-state index contributed by atoms with van der Waals surface area (Å²) in [5.41, 5.74) is 0.844. The molecule has 1 aliphatic rings. The fourth-order valence-electron chi connectivity index (χ4n) is 2.93. The number of halogens is 2. The lowest BCUT2D eigenvalue weighted by molar-refractivity contribution is 0.0448. The monoisotopic (exact) mass is 365 g/mol. The summed E-state index contributed by atoms with van der Waals surface area (Å²) in [4.78, 5) is 2.28. The Morgan fingerprint density at radius 3 is 2.42 bits per heavy atom. The summed E-state index contributed by atoms with van der Waals surface area (Å²) < 4.78 is 12.2. The molecule has 0 N–H and O–H groups in total. The Balaban J connectivity index is 1.60. The molecule has 0 bridgehead atoms. The molecule has 0 saturated carbocycles. The number of rotatable bonds is 6. The molecule has 1 saturated heterocycles. The van der Waals surface area contributed by atoms with Crippen molar-refractivity contribution in [2.24, 2.45) is 0 Å². The number of hydrogen-bond donors (Lipinski definition) is 0. The third kappa shape index (κ3) is 4.22. The van der Waals surface area contributed by atoms with Gasteiger partial charge in [0.25, 0.3) is 0 Å². The van der Waals surface area contributed by atoms with Gasteiger partial charge >= 0.3 is 0 Å². The van der Waals surface area contributed by atoms with Crippen molar-refractivity contribution in [2.45, 2.75) is 32.3 Å². The van der Waals surface area contributed by atoms with Gasteiger partial charge in [-0.15, -0.1) is 0 Å². The minimum atomic E-state index is 0.0316. The molecule has 0 aromatic heterocycles. The van der Waals surface area contributed by atoms with Gasteiger partial charge in [0.05, 0.1) is 12.7 Å². The lowest BCUT2D eigenvalue weighted by Gasteiger charge is -2.23. The van der Waals surface area contributed by atoms with Crippen molar-refractivity contribution in [1.82, 2.24) is 4.90 Å². The molecule has 24 heavy (non-hydrogen) atoms. The van der Waals surface area contributed by atoms with Gasteiger partial charge < -0.3 is 9.47 Å². The highest BCUT2D eigenvalue weighted by atomic mass is 35.5. The molecule has 1 fully saturated rings. The van der Waals surface area contributed by atoms with Crippen molar-refractivity contribution < 1.29 is 9.47 Å². The highest BCUT2D eigenvalue weighted by Crippen LogP contribution is 2.28. The molecule has 1 heterocycles. The molecule has 5 heteroatoms. The molecule has 0 spiro atoms. The van der Waals surface area contributed by atoms with E-state index in [1.807, 2.05) is 48.5 Å². The summed E-state index contributed by atoms with van der Waals surface area (Å²) >= 11 is 12.4. The van der Waals surface area contributed by atoms with Crippen LogP contribution in [0.1, 0.15) is 18.9 Å². The quantitative estimate of drug-likeness (QED) is 0.717. The first-order valence-electron chi connectivity index (χ1n) is 8.17. The molecule has 2 atom stereocenters. The van der Waals surface area contributed by atoms with Crippen molar-refractivity contribution in [3.05, 3.63) is 64.1 Å². The zero-order valence-corrected chi connectivity index (χ0v) is 15.1. The zero-order valence-electron chi connectivity index (χ0n) is 13.6. The number of likely N-dealkylation sites (tertiary alicyclic amines) is 1. The Labute approximate surface area is 153 Å². The molecule has 0 amide bonds. The standard InChI is InChI=1S/C19H21Cl2NO2/c1-2-22-12-15(11-19(22)24-14-7-4-3-5-8-14)23-13-16-17(20)9-6-10-18(16)21/h3-10,15,19H,2,11-13H2,1H3. The molecular weight excluding hydrogens is 345 g/mol. The maximum Gasteiger partial charge on any atom is 0.155 e. The fraction of sp³-hybridized carbons (Fsp3) is 0.368. The first-order valence-corrected chi connectivity index (χ1v) is 8.93. The van der Waals surface area contributed by atoms with E-state index in [1.165, 1.54) is 0 Å². The van der Waals surface area contributed by atoms with Gasteiger partial charge in [-0.2, -0.15) is 0 Å². The highest BCUT2D eigenvalue weighted by molar-refractivity contribution is 6.35. The Morgan fingerprint density at radius 1 is 1.04 bits per heavy atom. The van der Waals surface area contributed by atoms with Crippen molar-refractivity contribution in [1.29, 1.82) is 0 Å². The van der Waals surface area contributed by atoms with E-state index in [0.717, 1.165) is 30.8 Å². The van der Waals surface area contributed by atoms with Gasteiger partial charge in [0.2, 0.25) is 0 Å². The van der Waals surface area contributed by atoms with E-state index in [1.54, 1.807) is 0 Å². The van der Waals surface area contributed by atoms with Crippen LogP contribution < -0.4 is 4.74 Å². The van der Waals surface area contributed by atoms with Crippen LogP contribution in [0.3, 0.4) is 0 Å². The predicted molar refractivity (Wildman–Crippen MR) is 97.8 cm³/mol. The van der Waals surface area contributed by atoms with Gasteiger partial charge in [0.1, 0.15) is 5.75 Å². The topological polar surface area (TPSA) is 21.7 Å². The molecule has 2 aromatic rings. The van der Waals surface area contributed by atoms with Crippen LogP contribution in [0.2, 0.25) is 10.0 Å². The normalized spacial score (nSPS) is 21.1. The van der Waals surface area contributed by atoms with Crippen LogP contribution in [0.25, 0.3) is 0 Å². The minimum absolute atomic E-state index is 0.0316. The lowest BCUT2D eigenvalue weighted by atomic mass is 10.2. The SMILES string of the molecule is CCN1CC(OCc2c(Cl)cccc2Cl)CC1Oc1ccccc1. The van der Waals surface area contributed by atoms with Crippen LogP contribution in [0.4, 0.5) is 0 Å². The second-order valence-electron chi connectivity index (χ2n) is 5.84. The number of likely N-dealkylation sites (N-methyl/N-ethyl adjacent to an activating group) is 1. The summed E-state index contributed by atoms with van der Waals surface area (Å²) in [5.74, 6) is 0.885. The molecule has 2 unspecified atom stereocenters. The Bertz CT molecular complexity index is 645. The van der Waals surface area contributed by atoms with Crippen molar-refractivity contribution in [2.75, 3.05) is 13.1 Å². The smallest absolute Gasteiger partial charge is 0.155 e. The molecule has 3 nitrogen and oxygen atoms in total. The van der Waals surface area contributed by atoms with E-state index < -0.39 is 0 Å². The number of hydrogen-bond acceptors (Lipinski definition) is 3. The van der Waals surface area contributed by atoms with Gasteiger partial charge in [-0.1, -0.05) is 54.4 Å². The molecule has 3 rings (SSSR count). The van der Waals surface area contributed by atoms with E-state index in [-0.39, 0.29) is 12.3 Å². The molecule has 1 aliphatic heterocycles. The van der Waals surface area contributed by atoms with Gasteiger partial charge in [0.15, 0.2) is 6.23 Å². The Hall–Kier alpha value is -1.26. The van der Waals surface area contributed by atoms with E-state index in [2.05, 4.69) is 11.8 Å². The Morgan fingerprint density at radius 2 is 1.75 bits per heavy atom. The first-order chi connectivity index (χ1) is 11.7. The second kappa shape index (κ2) is 8.21. The van der Waals surface area contributed by atoms with Gasteiger partial charge in [-0.3, -0.25) is 4.90 Å². The van der Waals surface area contributed by atoms with Crippen LogP contribution in [0, 0.1) is 0 Å². The van der Waals surface area contributed by atoms with Crippen LogP contribution in [-0.2, 0) is 11.3 Å². The van der Waals surface area contributed by atoms with E-state index >= 15 is 0 Å². The number of benzene rings is 2. The van der Waals surface area contributed by atoms with E-state index in [4.69, 9.17) is 32.7 Å². The van der Waals surface area contributed by atoms with Gasteiger partial charge in [0, 0.05) is 28.6 Å².